The highest BCUT2D eigenvalue weighted by Crippen LogP contribution is 2.45. The van der Waals surface area contributed by atoms with Gasteiger partial charge in [0.05, 0.1) is 0 Å². The van der Waals surface area contributed by atoms with Crippen LogP contribution in [0.3, 0.4) is 0 Å². The second kappa shape index (κ2) is 14.2. The van der Waals surface area contributed by atoms with E-state index in [0.29, 0.717) is 0 Å². The van der Waals surface area contributed by atoms with Crippen molar-refractivity contribution in [2.75, 3.05) is 0 Å². The monoisotopic (exact) mass is 800 g/mol. The third-order valence-corrected chi connectivity index (χ3v) is 13.7. The van der Waals surface area contributed by atoms with Crippen molar-refractivity contribution in [2.45, 2.75) is 26.7 Å². The van der Waals surface area contributed by atoms with Crippen LogP contribution in [0.15, 0.2) is 191 Å². The third-order valence-electron chi connectivity index (χ3n) is 12.6. The molecule has 3 aromatic heterocycles. The summed E-state index contributed by atoms with van der Waals surface area (Å²) < 4.78 is 15.5. The summed E-state index contributed by atoms with van der Waals surface area (Å²) in [5, 5.41) is 7.07. The average molecular weight is 801 g/mol. The molecule has 0 aliphatic carbocycles. The number of thiophene rings is 1. The Balaban J connectivity index is 0.988. The second-order valence-electron chi connectivity index (χ2n) is 16.3. The number of benzene rings is 9. The molecule has 9 aromatic carbocycles. The number of aryl methyl sites for hydroxylation is 2. The van der Waals surface area contributed by atoms with E-state index in [2.05, 4.69) is 196 Å². The molecule has 0 fully saturated rings. The molecule has 12 aromatic rings. The van der Waals surface area contributed by atoms with Gasteiger partial charge in [-0.05, 0) is 153 Å². The summed E-state index contributed by atoms with van der Waals surface area (Å²) in [5.41, 5.74) is 18.5. The van der Waals surface area contributed by atoms with Crippen LogP contribution in [0.25, 0.3) is 120 Å². The van der Waals surface area contributed by atoms with Gasteiger partial charge in [0.1, 0.15) is 22.3 Å². The quantitative estimate of drug-likeness (QED) is 0.160. The summed E-state index contributed by atoms with van der Waals surface area (Å²) in [6.07, 6.45) is 2.13. The maximum Gasteiger partial charge on any atom is 0.136 e. The summed E-state index contributed by atoms with van der Waals surface area (Å²) in [5.74, 6) is 0. The van der Waals surface area contributed by atoms with E-state index in [1.807, 2.05) is 11.3 Å². The molecule has 0 saturated heterocycles. The second-order valence-corrected chi connectivity index (χ2v) is 17.4. The summed E-state index contributed by atoms with van der Waals surface area (Å²) in [4.78, 5) is 0. The van der Waals surface area contributed by atoms with E-state index < -0.39 is 0 Å². The first kappa shape index (κ1) is 35.7. The van der Waals surface area contributed by atoms with Crippen molar-refractivity contribution >= 4 is 75.4 Å². The van der Waals surface area contributed by atoms with Crippen LogP contribution in [0.2, 0.25) is 0 Å². The molecule has 0 aliphatic rings. The number of rotatable bonds is 7. The Hall–Kier alpha value is -7.20. The minimum Gasteiger partial charge on any atom is -0.456 e. The Morgan fingerprint density at radius 1 is 0.377 bits per heavy atom. The zero-order valence-corrected chi connectivity index (χ0v) is 34.8. The molecular formula is C58H40O2S. The Morgan fingerprint density at radius 2 is 0.852 bits per heavy atom. The molecule has 0 radical (unpaired) electrons. The molecule has 0 saturated carbocycles. The van der Waals surface area contributed by atoms with Crippen LogP contribution in [-0.2, 0) is 6.42 Å². The van der Waals surface area contributed by atoms with Crippen molar-refractivity contribution in [1.29, 1.82) is 0 Å². The first-order valence-electron chi connectivity index (χ1n) is 21.2. The van der Waals surface area contributed by atoms with Gasteiger partial charge in [-0.2, -0.15) is 0 Å². The number of fused-ring (bicyclic) bond motifs is 10. The molecule has 0 aliphatic heterocycles. The van der Waals surface area contributed by atoms with Crippen molar-refractivity contribution in [3.8, 4) is 55.6 Å². The highest BCUT2D eigenvalue weighted by Gasteiger charge is 2.18. The number of hydrogen-bond donors (Lipinski definition) is 0. The molecule has 0 N–H and O–H groups in total. The van der Waals surface area contributed by atoms with Gasteiger partial charge in [0.2, 0.25) is 0 Å². The lowest BCUT2D eigenvalue weighted by Gasteiger charge is -2.16. The molecular weight excluding hydrogens is 761 g/mol. The lowest BCUT2D eigenvalue weighted by molar-refractivity contribution is 0.668. The molecule has 0 atom stereocenters. The molecule has 0 amide bonds. The molecule has 12 rings (SSSR count). The summed E-state index contributed by atoms with van der Waals surface area (Å²) in [6.45, 7) is 4.51. The highest BCUT2D eigenvalue weighted by molar-refractivity contribution is 7.26. The van der Waals surface area contributed by atoms with Crippen LogP contribution >= 0.6 is 11.3 Å². The summed E-state index contributed by atoms with van der Waals surface area (Å²) in [7, 11) is 0. The molecule has 290 valence electrons. The third kappa shape index (κ3) is 5.99. The number of furan rings is 2. The van der Waals surface area contributed by atoms with Crippen LogP contribution in [-0.4, -0.2) is 0 Å². The number of hydrogen-bond acceptors (Lipinski definition) is 3. The Labute approximate surface area is 357 Å². The van der Waals surface area contributed by atoms with Gasteiger partial charge < -0.3 is 8.83 Å². The van der Waals surface area contributed by atoms with E-state index in [-0.39, 0.29) is 0 Å². The van der Waals surface area contributed by atoms with E-state index in [0.717, 1.165) is 62.5 Å². The van der Waals surface area contributed by atoms with Gasteiger partial charge in [0.15, 0.2) is 0 Å². The van der Waals surface area contributed by atoms with Crippen molar-refractivity contribution in [1.82, 2.24) is 0 Å². The molecule has 2 nitrogen and oxygen atoms in total. The lowest BCUT2D eigenvalue weighted by atomic mass is 9.88. The van der Waals surface area contributed by atoms with Crippen molar-refractivity contribution in [3.63, 3.8) is 0 Å². The molecule has 3 heteroatoms. The molecule has 61 heavy (non-hydrogen) atoms. The van der Waals surface area contributed by atoms with Gasteiger partial charge in [0, 0.05) is 41.7 Å². The molecule has 0 bridgehead atoms. The SMILES string of the molecule is CCCc1ccc(-c2ccc3sc4ccc5oc6ccc(-c7ccc8oc9ccc(-c%10ccccc%10)cc9c8c7)cc6c5c4c3c2)cc1-c1cc(-c2ccccc2)ccc1C. The van der Waals surface area contributed by atoms with E-state index in [4.69, 9.17) is 8.83 Å². The Bertz CT molecular complexity index is 3660. The fraction of sp³-hybridized carbons (Fsp3) is 0.0690. The van der Waals surface area contributed by atoms with Gasteiger partial charge in [-0.25, -0.2) is 0 Å². The highest BCUT2D eigenvalue weighted by atomic mass is 32.1. The first-order chi connectivity index (χ1) is 30.1. The topological polar surface area (TPSA) is 26.3 Å². The van der Waals surface area contributed by atoms with Gasteiger partial charge in [-0.15, -0.1) is 11.3 Å². The van der Waals surface area contributed by atoms with Gasteiger partial charge >= 0.3 is 0 Å². The maximum absolute atomic E-state index is 6.60. The Kier molecular flexibility index (Phi) is 8.33. The van der Waals surface area contributed by atoms with Crippen molar-refractivity contribution < 1.29 is 8.83 Å². The van der Waals surface area contributed by atoms with Crippen molar-refractivity contribution in [2.24, 2.45) is 0 Å². The van der Waals surface area contributed by atoms with Gasteiger partial charge in [-0.3, -0.25) is 0 Å². The predicted molar refractivity (Wildman–Crippen MR) is 260 cm³/mol. The predicted octanol–water partition coefficient (Wildman–Crippen LogP) is 17.4. The van der Waals surface area contributed by atoms with Crippen LogP contribution in [0.4, 0.5) is 0 Å². The van der Waals surface area contributed by atoms with Crippen LogP contribution < -0.4 is 0 Å². The summed E-state index contributed by atoms with van der Waals surface area (Å²) >= 11 is 1.85. The van der Waals surface area contributed by atoms with Crippen LogP contribution in [0.1, 0.15) is 24.5 Å². The van der Waals surface area contributed by atoms with Gasteiger partial charge in [-0.1, -0.05) is 123 Å². The Morgan fingerprint density at radius 3 is 1.52 bits per heavy atom. The minimum absolute atomic E-state index is 0.893. The van der Waals surface area contributed by atoms with E-state index >= 15 is 0 Å². The molecule has 3 heterocycles. The summed E-state index contributed by atoms with van der Waals surface area (Å²) in [6, 6.07) is 66.3. The smallest absolute Gasteiger partial charge is 0.136 e. The van der Waals surface area contributed by atoms with Crippen molar-refractivity contribution in [3.05, 3.63) is 193 Å². The molecule has 0 unspecified atom stereocenters. The largest absolute Gasteiger partial charge is 0.456 e. The standard InChI is InChI=1S/C58H40O2S/c1-3-10-38-17-18-41(30-46(38)45-29-39(16-15-35(45)2)36-11-6-4-7-12-36)44-22-27-55-50(34-44)58-56(61-55)28-26-54-57(58)49-33-43(21-25-53(49)60-54)42-20-24-52-48(32-42)47-31-40(19-23-51(47)59-52)37-13-8-5-9-14-37/h4-9,11-34H,3,10H2,1-2H3. The fourth-order valence-electron chi connectivity index (χ4n) is 9.48. The van der Waals surface area contributed by atoms with Crippen LogP contribution in [0.5, 0.6) is 0 Å². The van der Waals surface area contributed by atoms with Gasteiger partial charge in [0.25, 0.3) is 0 Å². The van der Waals surface area contributed by atoms with E-state index in [1.165, 1.54) is 81.2 Å². The zero-order valence-electron chi connectivity index (χ0n) is 34.0. The zero-order chi connectivity index (χ0) is 40.6. The maximum atomic E-state index is 6.60. The lowest BCUT2D eigenvalue weighted by Crippen LogP contribution is -1.94. The van der Waals surface area contributed by atoms with E-state index in [9.17, 15) is 0 Å². The fourth-order valence-corrected chi connectivity index (χ4v) is 10.6. The van der Waals surface area contributed by atoms with E-state index in [1.54, 1.807) is 0 Å². The minimum atomic E-state index is 0.893. The van der Waals surface area contributed by atoms with Crippen LogP contribution in [0, 0.1) is 6.92 Å². The average Bonchev–Trinajstić information content (AvgIpc) is 4.00. The normalized spacial score (nSPS) is 11.9. The molecule has 0 spiro atoms. The first-order valence-corrected chi connectivity index (χ1v) is 22.0.